The van der Waals surface area contributed by atoms with E-state index in [9.17, 15) is 4.79 Å². The van der Waals surface area contributed by atoms with Crippen LogP contribution in [0.1, 0.15) is 62.0 Å². The third kappa shape index (κ3) is 7.55. The zero-order valence-corrected chi connectivity index (χ0v) is 26.5. The molecular formula is C32H35Br2ClN2O2. The highest BCUT2D eigenvalue weighted by Crippen LogP contribution is 2.37. The third-order valence-electron chi connectivity index (χ3n) is 6.83. The molecule has 0 amide bonds. The number of aromatic nitrogens is 1. The number of nitrogens with zero attached hydrogens (tertiary/aromatic N) is 2. The van der Waals surface area contributed by atoms with E-state index in [2.05, 4.69) is 50.6 Å². The summed E-state index contributed by atoms with van der Waals surface area (Å²) >= 11 is 13.5. The van der Waals surface area contributed by atoms with Gasteiger partial charge in [-0.2, -0.15) is 0 Å². The van der Waals surface area contributed by atoms with Crippen molar-refractivity contribution in [2.45, 2.75) is 46.0 Å². The molecule has 0 spiro atoms. The minimum Gasteiger partial charge on any atom is -0.491 e. The van der Waals surface area contributed by atoms with Crippen LogP contribution in [0.2, 0.25) is 5.02 Å². The molecule has 0 saturated carbocycles. The molecule has 2 heterocycles. The molecule has 0 radical (unpaired) electrons. The number of ketones is 1. The molecule has 0 unspecified atom stereocenters. The summed E-state index contributed by atoms with van der Waals surface area (Å²) in [6.45, 7) is 8.41. The molecule has 2 aromatic carbocycles. The average molecular weight is 675 g/mol. The van der Waals surface area contributed by atoms with Gasteiger partial charge in [-0.25, -0.2) is 0 Å². The highest BCUT2D eigenvalue weighted by molar-refractivity contribution is 9.11. The molecule has 0 aliphatic carbocycles. The van der Waals surface area contributed by atoms with Crippen LogP contribution in [0.5, 0.6) is 5.75 Å². The number of hydrogen-bond acceptors (Lipinski definition) is 3. The maximum absolute atomic E-state index is 14.0. The first-order chi connectivity index (χ1) is 18.9. The molecule has 0 aliphatic heterocycles. The Hall–Kier alpha value is -2.12. The topological polar surface area (TPSA) is 34.0 Å². The Labute approximate surface area is 253 Å². The van der Waals surface area contributed by atoms with E-state index < -0.39 is 0 Å². The molecule has 206 valence electrons. The molecule has 39 heavy (non-hydrogen) atoms. The minimum atomic E-state index is -0.0680. The van der Waals surface area contributed by atoms with Crippen LogP contribution < -0.4 is 4.74 Å². The average Bonchev–Trinajstić information content (AvgIpc) is 3.32. The Bertz CT molecular complexity index is 1370. The van der Waals surface area contributed by atoms with E-state index in [0.717, 1.165) is 57.4 Å². The lowest BCUT2D eigenvalue weighted by Crippen LogP contribution is -2.28. The van der Waals surface area contributed by atoms with Gasteiger partial charge in [0.25, 0.3) is 0 Å². The number of carbonyl (C=O) groups is 1. The van der Waals surface area contributed by atoms with Crippen molar-refractivity contribution in [3.05, 3.63) is 92.1 Å². The van der Waals surface area contributed by atoms with Crippen molar-refractivity contribution < 1.29 is 9.53 Å². The SMILES string of the molecule is CCCCN(CCCC)CCCOc1c(Br)cc(C(=O)c2c(-c3ccc(Cl)cc3)cc3ccccn23)cc1Br. The Morgan fingerprint density at radius 1 is 0.897 bits per heavy atom. The summed E-state index contributed by atoms with van der Waals surface area (Å²) < 4.78 is 9.63. The fourth-order valence-corrected chi connectivity index (χ4v) is 6.27. The highest BCUT2D eigenvalue weighted by Gasteiger charge is 2.22. The fourth-order valence-electron chi connectivity index (χ4n) is 4.73. The van der Waals surface area contributed by atoms with Crippen molar-refractivity contribution >= 4 is 54.8 Å². The number of ether oxygens (including phenoxy) is 1. The lowest BCUT2D eigenvalue weighted by atomic mass is 10.00. The number of carbonyl (C=O) groups excluding carboxylic acids is 1. The van der Waals surface area contributed by atoms with Crippen molar-refractivity contribution in [2.24, 2.45) is 0 Å². The molecule has 0 bridgehead atoms. The van der Waals surface area contributed by atoms with Gasteiger partial charge in [-0.1, -0.05) is 56.5 Å². The summed E-state index contributed by atoms with van der Waals surface area (Å²) in [6, 6.07) is 19.2. The van der Waals surface area contributed by atoms with Crippen LogP contribution in [0.25, 0.3) is 16.6 Å². The van der Waals surface area contributed by atoms with Crippen LogP contribution >= 0.6 is 43.5 Å². The molecule has 0 atom stereocenters. The van der Waals surface area contributed by atoms with Crippen LogP contribution in [0.4, 0.5) is 0 Å². The molecule has 7 heteroatoms. The normalized spacial score (nSPS) is 11.4. The second-order valence-corrected chi connectivity index (χ2v) is 11.9. The first-order valence-corrected chi connectivity index (χ1v) is 15.6. The third-order valence-corrected chi connectivity index (χ3v) is 8.26. The predicted molar refractivity (Wildman–Crippen MR) is 169 cm³/mol. The standard InChI is InChI=1S/C32H35Br2ClN2O2/c1-3-5-15-36(16-6-4-2)17-9-19-39-32-28(33)20-24(21-29(32)34)31(38)30-27(23-11-13-25(35)14-12-23)22-26-10-7-8-18-37(26)30/h7-8,10-14,18,20-22H,3-6,9,15-17,19H2,1-2H3. The van der Waals surface area contributed by atoms with Crippen LogP contribution in [-0.2, 0) is 0 Å². The second-order valence-electron chi connectivity index (χ2n) is 9.76. The van der Waals surface area contributed by atoms with E-state index in [1.807, 2.05) is 71.3 Å². The smallest absolute Gasteiger partial charge is 0.210 e. The van der Waals surface area contributed by atoms with Crippen molar-refractivity contribution in [2.75, 3.05) is 26.2 Å². The molecule has 4 rings (SSSR count). The number of pyridine rings is 1. The van der Waals surface area contributed by atoms with E-state index in [-0.39, 0.29) is 5.78 Å². The number of hydrogen-bond donors (Lipinski definition) is 0. The molecule has 0 aliphatic rings. The van der Waals surface area contributed by atoms with Gasteiger partial charge in [-0.3, -0.25) is 4.79 Å². The predicted octanol–water partition coefficient (Wildman–Crippen LogP) is 9.69. The zero-order chi connectivity index (χ0) is 27.8. The molecular weight excluding hydrogens is 640 g/mol. The second kappa shape index (κ2) is 14.5. The largest absolute Gasteiger partial charge is 0.491 e. The Morgan fingerprint density at radius 3 is 2.18 bits per heavy atom. The lowest BCUT2D eigenvalue weighted by Gasteiger charge is -2.22. The molecule has 2 aromatic heterocycles. The van der Waals surface area contributed by atoms with E-state index in [1.54, 1.807) is 0 Å². The maximum Gasteiger partial charge on any atom is 0.210 e. The van der Waals surface area contributed by atoms with Gasteiger partial charge < -0.3 is 14.0 Å². The summed E-state index contributed by atoms with van der Waals surface area (Å²) in [5.41, 5.74) is 3.95. The first-order valence-electron chi connectivity index (χ1n) is 13.7. The van der Waals surface area contributed by atoms with Gasteiger partial charge in [-0.15, -0.1) is 0 Å². The minimum absolute atomic E-state index is 0.0680. The summed E-state index contributed by atoms with van der Waals surface area (Å²) in [6.07, 6.45) is 7.76. The number of rotatable bonds is 14. The van der Waals surface area contributed by atoms with Gasteiger partial charge in [0, 0.05) is 34.4 Å². The Kier molecular flexibility index (Phi) is 11.1. The van der Waals surface area contributed by atoms with Gasteiger partial charge in [0.05, 0.1) is 15.6 Å². The number of fused-ring (bicyclic) bond motifs is 1. The maximum atomic E-state index is 14.0. The molecule has 0 N–H and O–H groups in total. The van der Waals surface area contributed by atoms with Gasteiger partial charge in [0.2, 0.25) is 5.78 Å². The van der Waals surface area contributed by atoms with Gasteiger partial charge in [0.15, 0.2) is 0 Å². The van der Waals surface area contributed by atoms with Crippen LogP contribution in [0, 0.1) is 0 Å². The summed E-state index contributed by atoms with van der Waals surface area (Å²) in [5.74, 6) is 0.653. The van der Waals surface area contributed by atoms with Crippen LogP contribution in [0.15, 0.2) is 75.8 Å². The quantitative estimate of drug-likeness (QED) is 0.0987. The van der Waals surface area contributed by atoms with Gasteiger partial charge in [-0.05, 0) is 112 Å². The van der Waals surface area contributed by atoms with Crippen molar-refractivity contribution in [1.82, 2.24) is 9.30 Å². The van der Waals surface area contributed by atoms with E-state index in [1.165, 1.54) is 25.7 Å². The van der Waals surface area contributed by atoms with E-state index in [0.29, 0.717) is 22.9 Å². The fraction of sp³-hybridized carbons (Fsp3) is 0.344. The summed E-state index contributed by atoms with van der Waals surface area (Å²) in [4.78, 5) is 16.5. The van der Waals surface area contributed by atoms with Crippen molar-refractivity contribution in [1.29, 1.82) is 0 Å². The Morgan fingerprint density at radius 2 is 1.54 bits per heavy atom. The number of halogens is 3. The molecule has 0 fully saturated rings. The monoisotopic (exact) mass is 672 g/mol. The highest BCUT2D eigenvalue weighted by atomic mass is 79.9. The zero-order valence-electron chi connectivity index (χ0n) is 22.6. The summed E-state index contributed by atoms with van der Waals surface area (Å²) in [7, 11) is 0. The molecule has 0 saturated heterocycles. The van der Waals surface area contributed by atoms with Gasteiger partial charge >= 0.3 is 0 Å². The van der Waals surface area contributed by atoms with Gasteiger partial charge in [0.1, 0.15) is 11.4 Å². The van der Waals surface area contributed by atoms with Crippen molar-refractivity contribution in [3.63, 3.8) is 0 Å². The number of benzene rings is 2. The molecule has 4 aromatic rings. The van der Waals surface area contributed by atoms with Crippen LogP contribution in [-0.4, -0.2) is 41.3 Å². The Balaban J connectivity index is 1.53. The number of unbranched alkanes of at least 4 members (excludes halogenated alkanes) is 2. The van der Waals surface area contributed by atoms with Crippen LogP contribution in [0.3, 0.4) is 0 Å². The summed E-state index contributed by atoms with van der Waals surface area (Å²) in [5, 5.41) is 0.661. The van der Waals surface area contributed by atoms with Crippen molar-refractivity contribution in [3.8, 4) is 16.9 Å². The first kappa shape index (κ1) is 29.9. The van der Waals surface area contributed by atoms with E-state index in [4.69, 9.17) is 16.3 Å². The lowest BCUT2D eigenvalue weighted by molar-refractivity contribution is 0.103. The van der Waals surface area contributed by atoms with E-state index >= 15 is 0 Å². The molecule has 4 nitrogen and oxygen atoms in total.